The van der Waals surface area contributed by atoms with Crippen LogP contribution in [0, 0.1) is 20.8 Å². The molecule has 0 bridgehead atoms. The first kappa shape index (κ1) is 20.9. The van der Waals surface area contributed by atoms with Gasteiger partial charge >= 0.3 is 0 Å². The van der Waals surface area contributed by atoms with Crippen LogP contribution in [-0.4, -0.2) is 32.8 Å². The number of carbonyl (C=O) groups is 1. The van der Waals surface area contributed by atoms with E-state index in [9.17, 15) is 4.79 Å². The molecule has 0 unspecified atom stereocenters. The SMILES string of the molecule is CCn1nc(C)c(CN(C)C(=O)c2noc(C)c2COc2ccc(Cl)cc2)c1C. The zero-order valence-electron chi connectivity index (χ0n) is 17.3. The lowest BCUT2D eigenvalue weighted by molar-refractivity contribution is 0.0772. The van der Waals surface area contributed by atoms with Crippen LogP contribution in [0.2, 0.25) is 5.02 Å². The van der Waals surface area contributed by atoms with Gasteiger partial charge in [-0.25, -0.2) is 0 Å². The van der Waals surface area contributed by atoms with E-state index in [0.717, 1.165) is 23.5 Å². The number of aromatic nitrogens is 3. The lowest BCUT2D eigenvalue weighted by Crippen LogP contribution is -2.28. The second kappa shape index (κ2) is 8.69. The van der Waals surface area contributed by atoms with E-state index in [2.05, 4.69) is 10.3 Å². The summed E-state index contributed by atoms with van der Waals surface area (Å²) in [4.78, 5) is 14.7. The summed E-state index contributed by atoms with van der Waals surface area (Å²) in [6, 6.07) is 7.04. The number of hydrogen-bond donors (Lipinski definition) is 0. The number of carbonyl (C=O) groups excluding carboxylic acids is 1. The average Bonchev–Trinajstić information content (AvgIpc) is 3.20. The summed E-state index contributed by atoms with van der Waals surface area (Å²) in [6.45, 7) is 9.20. The van der Waals surface area contributed by atoms with E-state index in [0.29, 0.717) is 28.6 Å². The zero-order valence-corrected chi connectivity index (χ0v) is 18.1. The van der Waals surface area contributed by atoms with Crippen LogP contribution in [0.5, 0.6) is 5.75 Å². The molecule has 0 saturated heterocycles. The summed E-state index contributed by atoms with van der Waals surface area (Å²) in [7, 11) is 1.75. The van der Waals surface area contributed by atoms with Crippen LogP contribution in [0.15, 0.2) is 28.8 Å². The number of halogens is 1. The molecule has 8 heteroatoms. The fraction of sp³-hybridized carbons (Fsp3) is 0.381. The molecule has 0 atom stereocenters. The predicted molar refractivity (Wildman–Crippen MR) is 110 cm³/mol. The minimum absolute atomic E-state index is 0.178. The standard InChI is InChI=1S/C21H25ClN4O3/c1-6-26-14(3)18(13(2)23-26)11-25(5)21(27)20-19(15(4)29-24-20)12-28-17-9-7-16(22)8-10-17/h7-10H,6,11-12H2,1-5H3. The van der Waals surface area contributed by atoms with Crippen LogP contribution in [0.3, 0.4) is 0 Å². The minimum Gasteiger partial charge on any atom is -0.489 e. The van der Waals surface area contributed by atoms with Crippen molar-refractivity contribution in [3.05, 3.63) is 63.3 Å². The quantitative estimate of drug-likeness (QED) is 0.573. The first-order valence-corrected chi connectivity index (χ1v) is 9.81. The van der Waals surface area contributed by atoms with E-state index in [4.69, 9.17) is 20.9 Å². The molecular weight excluding hydrogens is 392 g/mol. The fourth-order valence-corrected chi connectivity index (χ4v) is 3.30. The van der Waals surface area contributed by atoms with Crippen molar-refractivity contribution in [1.29, 1.82) is 0 Å². The highest BCUT2D eigenvalue weighted by atomic mass is 35.5. The Morgan fingerprint density at radius 3 is 2.52 bits per heavy atom. The van der Waals surface area contributed by atoms with Crippen LogP contribution >= 0.6 is 11.6 Å². The molecule has 1 amide bonds. The number of benzene rings is 1. The maximum atomic E-state index is 13.0. The average molecular weight is 417 g/mol. The lowest BCUT2D eigenvalue weighted by atomic mass is 10.1. The van der Waals surface area contributed by atoms with Gasteiger partial charge in [-0.3, -0.25) is 9.48 Å². The van der Waals surface area contributed by atoms with Gasteiger partial charge in [0.05, 0.1) is 11.3 Å². The maximum absolute atomic E-state index is 13.0. The van der Waals surface area contributed by atoms with Crippen molar-refractivity contribution in [3.8, 4) is 5.75 Å². The van der Waals surface area contributed by atoms with Crippen molar-refractivity contribution in [2.24, 2.45) is 0 Å². The van der Waals surface area contributed by atoms with Crippen LogP contribution in [0.4, 0.5) is 0 Å². The summed E-state index contributed by atoms with van der Waals surface area (Å²) in [6.07, 6.45) is 0. The Morgan fingerprint density at radius 1 is 1.21 bits per heavy atom. The van der Waals surface area contributed by atoms with Gasteiger partial charge in [0.2, 0.25) is 0 Å². The Balaban J connectivity index is 1.75. The normalized spacial score (nSPS) is 11.0. The van der Waals surface area contributed by atoms with E-state index in [-0.39, 0.29) is 18.2 Å². The van der Waals surface area contributed by atoms with E-state index in [1.54, 1.807) is 43.1 Å². The van der Waals surface area contributed by atoms with Gasteiger partial charge in [0.25, 0.3) is 5.91 Å². The number of ether oxygens (including phenoxy) is 1. The molecule has 0 radical (unpaired) electrons. The molecule has 3 rings (SSSR count). The van der Waals surface area contributed by atoms with Gasteiger partial charge in [0.1, 0.15) is 18.1 Å². The van der Waals surface area contributed by atoms with Crippen molar-refractivity contribution in [3.63, 3.8) is 0 Å². The molecule has 0 aliphatic carbocycles. The van der Waals surface area contributed by atoms with Gasteiger partial charge in [-0.2, -0.15) is 5.10 Å². The second-order valence-corrected chi connectivity index (χ2v) is 7.37. The van der Waals surface area contributed by atoms with Crippen molar-refractivity contribution in [1.82, 2.24) is 19.8 Å². The van der Waals surface area contributed by atoms with Gasteiger partial charge < -0.3 is 14.2 Å². The third kappa shape index (κ3) is 4.45. The molecule has 1 aromatic carbocycles. The number of nitrogens with zero attached hydrogens (tertiary/aromatic N) is 4. The first-order valence-electron chi connectivity index (χ1n) is 9.43. The molecule has 0 aliphatic rings. The number of rotatable bonds is 7. The van der Waals surface area contributed by atoms with Crippen molar-refractivity contribution >= 4 is 17.5 Å². The second-order valence-electron chi connectivity index (χ2n) is 6.93. The van der Waals surface area contributed by atoms with E-state index < -0.39 is 0 Å². The topological polar surface area (TPSA) is 73.4 Å². The third-order valence-corrected chi connectivity index (χ3v) is 5.21. The van der Waals surface area contributed by atoms with Crippen LogP contribution < -0.4 is 4.74 Å². The highest BCUT2D eigenvalue weighted by Crippen LogP contribution is 2.22. The predicted octanol–water partition coefficient (Wildman–Crippen LogP) is 4.32. The Labute approximate surface area is 175 Å². The highest BCUT2D eigenvalue weighted by Gasteiger charge is 2.25. The Hall–Kier alpha value is -2.80. The largest absolute Gasteiger partial charge is 0.489 e. The summed E-state index contributed by atoms with van der Waals surface area (Å²) in [5.74, 6) is 0.987. The molecule has 0 N–H and O–H groups in total. The van der Waals surface area contributed by atoms with E-state index in [1.807, 2.05) is 25.5 Å². The van der Waals surface area contributed by atoms with E-state index >= 15 is 0 Å². The maximum Gasteiger partial charge on any atom is 0.276 e. The molecule has 29 heavy (non-hydrogen) atoms. The number of hydrogen-bond acceptors (Lipinski definition) is 5. The Bertz CT molecular complexity index is 1010. The fourth-order valence-electron chi connectivity index (χ4n) is 3.18. The Morgan fingerprint density at radius 2 is 1.90 bits per heavy atom. The number of aryl methyl sites for hydroxylation is 3. The first-order chi connectivity index (χ1) is 13.8. The van der Waals surface area contributed by atoms with Crippen LogP contribution in [-0.2, 0) is 19.7 Å². The summed E-state index contributed by atoms with van der Waals surface area (Å²) in [5, 5.41) is 9.14. The van der Waals surface area contributed by atoms with Crippen LogP contribution in [0.1, 0.15) is 45.7 Å². The zero-order chi connectivity index (χ0) is 21.1. The molecule has 3 aromatic rings. The molecule has 0 fully saturated rings. The molecule has 0 saturated carbocycles. The molecule has 0 aliphatic heterocycles. The summed E-state index contributed by atoms with van der Waals surface area (Å²) in [5.41, 5.74) is 3.92. The molecular formula is C21H25ClN4O3. The van der Waals surface area contributed by atoms with Gasteiger partial charge in [0.15, 0.2) is 5.69 Å². The molecule has 7 nitrogen and oxygen atoms in total. The summed E-state index contributed by atoms with van der Waals surface area (Å²) >= 11 is 5.90. The Kier molecular flexibility index (Phi) is 6.27. The minimum atomic E-state index is -0.223. The molecule has 154 valence electrons. The summed E-state index contributed by atoms with van der Waals surface area (Å²) < 4.78 is 13.0. The van der Waals surface area contributed by atoms with Crippen molar-refractivity contribution < 1.29 is 14.1 Å². The monoisotopic (exact) mass is 416 g/mol. The highest BCUT2D eigenvalue weighted by molar-refractivity contribution is 6.30. The molecule has 2 heterocycles. The van der Waals surface area contributed by atoms with Gasteiger partial charge in [-0.1, -0.05) is 16.8 Å². The van der Waals surface area contributed by atoms with E-state index in [1.165, 1.54) is 0 Å². The van der Waals surface area contributed by atoms with Crippen molar-refractivity contribution in [2.45, 2.75) is 47.4 Å². The molecule has 2 aromatic heterocycles. The number of amides is 1. The van der Waals surface area contributed by atoms with Crippen molar-refractivity contribution in [2.75, 3.05) is 7.05 Å². The van der Waals surface area contributed by atoms with Crippen LogP contribution in [0.25, 0.3) is 0 Å². The third-order valence-electron chi connectivity index (χ3n) is 4.96. The lowest BCUT2D eigenvalue weighted by Gasteiger charge is -2.17. The van der Waals surface area contributed by atoms with Gasteiger partial charge in [-0.05, 0) is 52.0 Å². The van der Waals surface area contributed by atoms with Gasteiger partial charge in [-0.15, -0.1) is 0 Å². The van der Waals surface area contributed by atoms with Gasteiger partial charge in [0, 0.05) is 36.4 Å². The molecule has 0 spiro atoms. The smallest absolute Gasteiger partial charge is 0.276 e.